The van der Waals surface area contributed by atoms with E-state index >= 15 is 0 Å². The molecule has 0 atom stereocenters. The number of hydrogen-bond acceptors (Lipinski definition) is 3. The molecule has 0 aliphatic heterocycles. The lowest BCUT2D eigenvalue weighted by Crippen LogP contribution is -2.12. The van der Waals surface area contributed by atoms with Gasteiger partial charge in [0.25, 0.3) is 0 Å². The summed E-state index contributed by atoms with van der Waals surface area (Å²) < 4.78 is 36.6. The highest BCUT2D eigenvalue weighted by Crippen LogP contribution is 2.28. The number of rotatable bonds is 0. The van der Waals surface area contributed by atoms with Crippen molar-refractivity contribution in [3.8, 4) is 0 Å². The van der Waals surface area contributed by atoms with Crippen LogP contribution in [0.3, 0.4) is 0 Å². The minimum Gasteiger partial charge on any atom is -0.383 e. The number of nitrogens with zero attached hydrogens (tertiary/aromatic N) is 2. The molecule has 0 saturated carbocycles. The van der Waals surface area contributed by atoms with Crippen molar-refractivity contribution in [2.45, 2.75) is 6.18 Å². The van der Waals surface area contributed by atoms with Crippen LogP contribution in [0.25, 0.3) is 11.0 Å². The van der Waals surface area contributed by atoms with Gasteiger partial charge in [-0.3, -0.25) is 0 Å². The van der Waals surface area contributed by atoms with Gasteiger partial charge in [0.1, 0.15) is 11.5 Å². The van der Waals surface area contributed by atoms with E-state index in [1.54, 1.807) is 0 Å². The van der Waals surface area contributed by atoms with Crippen molar-refractivity contribution in [3.05, 3.63) is 18.1 Å². The summed E-state index contributed by atoms with van der Waals surface area (Å²) in [7, 11) is 0. The molecular weight excluding hydrogens is 197 g/mol. The summed E-state index contributed by atoms with van der Waals surface area (Å²) in [5.41, 5.74) is 5.41. The summed E-state index contributed by atoms with van der Waals surface area (Å²) >= 11 is 0. The van der Waals surface area contributed by atoms with E-state index in [2.05, 4.69) is 15.0 Å². The Balaban J connectivity index is 2.70. The first kappa shape index (κ1) is 8.79. The van der Waals surface area contributed by atoms with Crippen LogP contribution >= 0.6 is 0 Å². The zero-order valence-electron chi connectivity index (χ0n) is 6.76. The number of hydrogen-bond donors (Lipinski definition) is 2. The number of aromatic nitrogens is 3. The van der Waals surface area contributed by atoms with Crippen LogP contribution in [0.5, 0.6) is 0 Å². The van der Waals surface area contributed by atoms with Gasteiger partial charge in [0.2, 0.25) is 5.82 Å². The number of fused-ring (bicyclic) bond motifs is 1. The summed E-state index contributed by atoms with van der Waals surface area (Å²) in [5, 5.41) is 0.387. The molecule has 2 aromatic rings. The van der Waals surface area contributed by atoms with E-state index in [1.807, 2.05) is 0 Å². The number of halogens is 3. The van der Waals surface area contributed by atoms with Gasteiger partial charge in [-0.2, -0.15) is 13.2 Å². The highest BCUT2D eigenvalue weighted by atomic mass is 19.4. The first-order valence-electron chi connectivity index (χ1n) is 3.66. The van der Waals surface area contributed by atoms with Crippen LogP contribution in [-0.2, 0) is 6.18 Å². The standard InChI is InChI=1S/C7H5F3N4/c8-7(9,10)6-13-4(11)3-1-2-12-5(3)14-6/h1-2H,(H3,11,12,13,14). The van der Waals surface area contributed by atoms with E-state index in [1.165, 1.54) is 12.3 Å². The van der Waals surface area contributed by atoms with Gasteiger partial charge < -0.3 is 10.7 Å². The fourth-order valence-corrected chi connectivity index (χ4v) is 1.09. The first-order valence-corrected chi connectivity index (χ1v) is 3.66. The molecule has 0 bridgehead atoms. The van der Waals surface area contributed by atoms with E-state index in [4.69, 9.17) is 5.73 Å². The monoisotopic (exact) mass is 202 g/mol. The maximum atomic E-state index is 12.2. The minimum absolute atomic E-state index is 0.0878. The Bertz CT molecular complexity index is 473. The Morgan fingerprint density at radius 3 is 2.64 bits per heavy atom. The molecule has 74 valence electrons. The maximum absolute atomic E-state index is 12.2. The zero-order chi connectivity index (χ0) is 10.3. The van der Waals surface area contributed by atoms with Crippen LogP contribution in [0.15, 0.2) is 12.3 Å². The molecule has 2 aromatic heterocycles. The number of nitrogen functional groups attached to an aromatic ring is 1. The van der Waals surface area contributed by atoms with Crippen LogP contribution < -0.4 is 5.73 Å². The first-order chi connectivity index (χ1) is 6.48. The van der Waals surface area contributed by atoms with Gasteiger partial charge in [-0.05, 0) is 6.07 Å². The van der Waals surface area contributed by atoms with Gasteiger partial charge in [-0.1, -0.05) is 0 Å². The Hall–Kier alpha value is -1.79. The smallest absolute Gasteiger partial charge is 0.383 e. The van der Waals surface area contributed by atoms with E-state index < -0.39 is 12.0 Å². The summed E-state index contributed by atoms with van der Waals surface area (Å²) in [6, 6.07) is 1.52. The molecule has 0 radical (unpaired) electrons. The quantitative estimate of drug-likeness (QED) is 0.681. The molecular formula is C7H5F3N4. The Morgan fingerprint density at radius 2 is 2.00 bits per heavy atom. The normalized spacial score (nSPS) is 12.2. The Morgan fingerprint density at radius 1 is 1.29 bits per heavy atom. The summed E-state index contributed by atoms with van der Waals surface area (Å²) in [6.45, 7) is 0. The molecule has 14 heavy (non-hydrogen) atoms. The molecule has 0 saturated heterocycles. The molecule has 2 rings (SSSR count). The molecule has 3 N–H and O–H groups in total. The Kier molecular flexibility index (Phi) is 1.63. The number of H-pyrrole nitrogens is 1. The SMILES string of the molecule is Nc1nc(C(F)(F)F)nc2[nH]ccc12. The minimum atomic E-state index is -4.58. The van der Waals surface area contributed by atoms with Crippen molar-refractivity contribution in [1.82, 2.24) is 15.0 Å². The van der Waals surface area contributed by atoms with E-state index in [0.717, 1.165) is 0 Å². The third-order valence-corrected chi connectivity index (χ3v) is 1.70. The molecule has 0 unspecified atom stereocenters. The van der Waals surface area contributed by atoms with Gasteiger partial charge >= 0.3 is 6.18 Å². The highest BCUT2D eigenvalue weighted by Gasteiger charge is 2.35. The second-order valence-corrected chi connectivity index (χ2v) is 2.67. The number of alkyl halides is 3. The maximum Gasteiger partial charge on any atom is 0.451 e. The predicted molar refractivity (Wildman–Crippen MR) is 43.3 cm³/mol. The van der Waals surface area contributed by atoms with Crippen molar-refractivity contribution >= 4 is 16.9 Å². The molecule has 0 aliphatic carbocycles. The van der Waals surface area contributed by atoms with Gasteiger partial charge in [0.05, 0.1) is 5.39 Å². The Labute approximate surface area is 76.0 Å². The van der Waals surface area contributed by atoms with Gasteiger partial charge in [0.15, 0.2) is 0 Å². The third-order valence-electron chi connectivity index (χ3n) is 1.70. The summed E-state index contributed by atoms with van der Waals surface area (Å²) in [6.07, 6.45) is -3.12. The largest absolute Gasteiger partial charge is 0.451 e. The third kappa shape index (κ3) is 1.26. The highest BCUT2D eigenvalue weighted by molar-refractivity contribution is 5.85. The van der Waals surface area contributed by atoms with Crippen molar-refractivity contribution in [2.24, 2.45) is 0 Å². The van der Waals surface area contributed by atoms with Crippen LogP contribution in [-0.4, -0.2) is 15.0 Å². The topological polar surface area (TPSA) is 67.6 Å². The van der Waals surface area contributed by atoms with Crippen LogP contribution in [0.2, 0.25) is 0 Å². The van der Waals surface area contributed by atoms with E-state index in [9.17, 15) is 13.2 Å². The van der Waals surface area contributed by atoms with Crippen molar-refractivity contribution in [2.75, 3.05) is 5.73 Å². The molecule has 7 heteroatoms. The van der Waals surface area contributed by atoms with Crippen LogP contribution in [0, 0.1) is 0 Å². The summed E-state index contributed by atoms with van der Waals surface area (Å²) in [4.78, 5) is 9.00. The molecule has 0 aliphatic rings. The average Bonchev–Trinajstić information content (AvgIpc) is 2.50. The zero-order valence-corrected chi connectivity index (χ0v) is 6.76. The predicted octanol–water partition coefficient (Wildman–Crippen LogP) is 1.56. The fraction of sp³-hybridized carbons (Fsp3) is 0.143. The molecule has 0 fully saturated rings. The molecule has 0 aromatic carbocycles. The van der Waals surface area contributed by atoms with Crippen molar-refractivity contribution < 1.29 is 13.2 Å². The van der Waals surface area contributed by atoms with E-state index in [0.29, 0.717) is 5.39 Å². The fourth-order valence-electron chi connectivity index (χ4n) is 1.09. The molecule has 4 nitrogen and oxygen atoms in total. The average molecular weight is 202 g/mol. The molecule has 0 spiro atoms. The lowest BCUT2D eigenvalue weighted by atomic mass is 10.4. The summed E-state index contributed by atoms with van der Waals surface area (Å²) in [5.74, 6) is -1.41. The van der Waals surface area contributed by atoms with Gasteiger partial charge in [0, 0.05) is 6.20 Å². The lowest BCUT2D eigenvalue weighted by Gasteiger charge is -2.05. The number of aromatic amines is 1. The number of nitrogens with one attached hydrogen (secondary N) is 1. The van der Waals surface area contributed by atoms with Crippen LogP contribution in [0.4, 0.5) is 19.0 Å². The second-order valence-electron chi connectivity index (χ2n) is 2.67. The van der Waals surface area contributed by atoms with Crippen molar-refractivity contribution in [3.63, 3.8) is 0 Å². The second kappa shape index (κ2) is 2.60. The molecule has 0 amide bonds. The molecule has 2 heterocycles. The number of nitrogens with two attached hydrogens (primary N) is 1. The van der Waals surface area contributed by atoms with Crippen molar-refractivity contribution in [1.29, 1.82) is 0 Å². The van der Waals surface area contributed by atoms with Gasteiger partial charge in [-0.25, -0.2) is 9.97 Å². The van der Waals surface area contributed by atoms with Gasteiger partial charge in [-0.15, -0.1) is 0 Å². The van der Waals surface area contributed by atoms with E-state index in [-0.39, 0.29) is 11.5 Å². The lowest BCUT2D eigenvalue weighted by molar-refractivity contribution is -0.144. The van der Waals surface area contributed by atoms with Crippen LogP contribution in [0.1, 0.15) is 5.82 Å². The number of anilines is 1.